The molecule has 0 saturated heterocycles. The summed E-state index contributed by atoms with van der Waals surface area (Å²) in [6, 6.07) is 0. The van der Waals surface area contributed by atoms with Crippen molar-refractivity contribution in [1.82, 2.24) is 10.6 Å². The minimum atomic E-state index is 0.234. The molecule has 3 heteroatoms. The lowest BCUT2D eigenvalue weighted by Gasteiger charge is -2.04. The molecule has 0 heterocycles. The summed E-state index contributed by atoms with van der Waals surface area (Å²) in [6.45, 7) is 11.6. The molecule has 0 saturated carbocycles. The van der Waals surface area contributed by atoms with Crippen molar-refractivity contribution < 1.29 is 4.79 Å². The molecule has 0 aliphatic rings. The largest absolute Gasteiger partial charge is 0.356 e. The van der Waals surface area contributed by atoms with Gasteiger partial charge in [-0.25, -0.2) is 0 Å². The Labute approximate surface area is 152 Å². The van der Waals surface area contributed by atoms with Gasteiger partial charge in [0, 0.05) is 13.0 Å². The molecule has 3 nitrogen and oxygen atoms in total. The zero-order chi connectivity index (χ0) is 18.3. The highest BCUT2D eigenvalue weighted by atomic mass is 16.1. The van der Waals surface area contributed by atoms with E-state index in [9.17, 15) is 4.79 Å². The molecule has 0 fully saturated rings. The third-order valence-electron chi connectivity index (χ3n) is 4.08. The average molecular weight is 343 g/mol. The first-order valence-electron chi connectivity index (χ1n) is 10.7. The predicted molar refractivity (Wildman–Crippen MR) is 109 cm³/mol. The molecule has 0 aliphatic carbocycles. The first-order valence-corrected chi connectivity index (χ1v) is 10.7. The topological polar surface area (TPSA) is 41.1 Å². The van der Waals surface area contributed by atoms with Crippen LogP contribution in [0.15, 0.2) is 0 Å². The third-order valence-corrected chi connectivity index (χ3v) is 4.08. The Bertz CT molecular complexity index is 230. The van der Waals surface area contributed by atoms with Crippen LogP contribution in [0, 0.1) is 0 Å². The molecule has 0 aromatic carbocycles. The minimum Gasteiger partial charge on any atom is -0.356 e. The number of hydrogen-bond acceptors (Lipinski definition) is 2. The van der Waals surface area contributed by atoms with Crippen molar-refractivity contribution in [3.8, 4) is 0 Å². The zero-order valence-corrected chi connectivity index (χ0v) is 17.2. The fourth-order valence-electron chi connectivity index (χ4n) is 2.55. The van der Waals surface area contributed by atoms with Gasteiger partial charge in [-0.1, -0.05) is 91.9 Å². The van der Waals surface area contributed by atoms with Crippen molar-refractivity contribution in [1.29, 1.82) is 0 Å². The average Bonchev–Trinajstić information content (AvgIpc) is 2.59. The summed E-state index contributed by atoms with van der Waals surface area (Å²) in [7, 11) is 0. The second-order valence-electron chi connectivity index (χ2n) is 6.59. The lowest BCUT2D eigenvalue weighted by Crippen LogP contribution is -2.23. The summed E-state index contributed by atoms with van der Waals surface area (Å²) in [5.74, 6) is 0.234. The quantitative estimate of drug-likeness (QED) is 0.346. The standard InChI is InChI=1S/C17H35NO.C4H11N/c1-3-5-6-7-8-9-10-11-12-13-14-15-17(19)18-16-4-2;1-3-5-4-2/h3-16H2,1-2H3,(H,18,19);5H,3-4H2,1-2H3. The molecule has 0 aliphatic heterocycles. The van der Waals surface area contributed by atoms with Crippen molar-refractivity contribution in [2.45, 2.75) is 111 Å². The van der Waals surface area contributed by atoms with E-state index >= 15 is 0 Å². The Morgan fingerprint density at radius 1 is 0.625 bits per heavy atom. The van der Waals surface area contributed by atoms with E-state index in [1.807, 2.05) is 0 Å². The van der Waals surface area contributed by atoms with E-state index in [2.05, 4.69) is 38.3 Å². The first-order chi connectivity index (χ1) is 11.7. The van der Waals surface area contributed by atoms with E-state index in [0.29, 0.717) is 0 Å². The monoisotopic (exact) mass is 342 g/mol. The van der Waals surface area contributed by atoms with Gasteiger partial charge in [-0.05, 0) is 25.9 Å². The number of rotatable bonds is 16. The molecular weight excluding hydrogens is 296 g/mol. The highest BCUT2D eigenvalue weighted by Gasteiger charge is 1.99. The van der Waals surface area contributed by atoms with Gasteiger partial charge in [0.1, 0.15) is 0 Å². The number of nitrogens with one attached hydrogen (secondary N) is 2. The van der Waals surface area contributed by atoms with Crippen LogP contribution in [-0.2, 0) is 4.79 Å². The summed E-state index contributed by atoms with van der Waals surface area (Å²) in [6.07, 6.45) is 16.5. The fourth-order valence-corrected chi connectivity index (χ4v) is 2.55. The van der Waals surface area contributed by atoms with Gasteiger partial charge in [0.25, 0.3) is 0 Å². The fraction of sp³-hybridized carbons (Fsp3) is 0.952. The molecular formula is C21H46N2O. The lowest BCUT2D eigenvalue weighted by atomic mass is 10.1. The Balaban J connectivity index is 0. The highest BCUT2D eigenvalue weighted by molar-refractivity contribution is 5.75. The van der Waals surface area contributed by atoms with Crippen LogP contribution in [0.2, 0.25) is 0 Å². The summed E-state index contributed by atoms with van der Waals surface area (Å²) in [4.78, 5) is 11.4. The second-order valence-corrected chi connectivity index (χ2v) is 6.59. The Morgan fingerprint density at radius 3 is 1.46 bits per heavy atom. The van der Waals surface area contributed by atoms with E-state index in [0.717, 1.165) is 38.9 Å². The highest BCUT2D eigenvalue weighted by Crippen LogP contribution is 2.11. The van der Waals surface area contributed by atoms with Gasteiger partial charge in [-0.15, -0.1) is 0 Å². The van der Waals surface area contributed by atoms with Gasteiger partial charge >= 0.3 is 0 Å². The molecule has 1 amide bonds. The maximum absolute atomic E-state index is 11.4. The molecule has 0 spiro atoms. The normalized spacial score (nSPS) is 10.2. The van der Waals surface area contributed by atoms with Gasteiger partial charge in [0.15, 0.2) is 0 Å². The van der Waals surface area contributed by atoms with E-state index in [-0.39, 0.29) is 5.91 Å². The molecule has 146 valence electrons. The predicted octanol–water partition coefficient (Wildman–Crippen LogP) is 5.83. The first kappa shape index (κ1) is 25.7. The maximum atomic E-state index is 11.4. The molecule has 0 unspecified atom stereocenters. The molecule has 2 N–H and O–H groups in total. The molecule has 0 rings (SSSR count). The van der Waals surface area contributed by atoms with Crippen LogP contribution in [-0.4, -0.2) is 25.5 Å². The van der Waals surface area contributed by atoms with Crippen molar-refractivity contribution in [2.75, 3.05) is 19.6 Å². The Kier molecular flexibility index (Phi) is 26.4. The van der Waals surface area contributed by atoms with E-state index in [4.69, 9.17) is 0 Å². The number of amides is 1. The van der Waals surface area contributed by atoms with Crippen molar-refractivity contribution in [3.05, 3.63) is 0 Å². The molecule has 0 atom stereocenters. The van der Waals surface area contributed by atoms with Crippen molar-refractivity contribution >= 4 is 5.91 Å². The number of carbonyl (C=O) groups is 1. The van der Waals surface area contributed by atoms with Gasteiger partial charge in [-0.3, -0.25) is 4.79 Å². The molecule has 0 aromatic rings. The van der Waals surface area contributed by atoms with Gasteiger partial charge in [0.2, 0.25) is 5.91 Å². The third kappa shape index (κ3) is 26.3. The Morgan fingerprint density at radius 2 is 1.08 bits per heavy atom. The van der Waals surface area contributed by atoms with Crippen LogP contribution in [0.4, 0.5) is 0 Å². The van der Waals surface area contributed by atoms with Crippen LogP contribution in [0.5, 0.6) is 0 Å². The van der Waals surface area contributed by atoms with Crippen LogP contribution in [0.25, 0.3) is 0 Å². The summed E-state index contributed by atoms with van der Waals surface area (Å²) in [5, 5.41) is 6.04. The van der Waals surface area contributed by atoms with Crippen LogP contribution < -0.4 is 10.6 Å². The van der Waals surface area contributed by atoms with Crippen molar-refractivity contribution in [2.24, 2.45) is 0 Å². The maximum Gasteiger partial charge on any atom is 0.219 e. The number of hydrogen-bond donors (Lipinski definition) is 2. The minimum absolute atomic E-state index is 0.234. The van der Waals surface area contributed by atoms with Gasteiger partial charge in [0.05, 0.1) is 0 Å². The summed E-state index contributed by atoms with van der Waals surface area (Å²) in [5.41, 5.74) is 0. The van der Waals surface area contributed by atoms with Crippen LogP contribution >= 0.6 is 0 Å². The summed E-state index contributed by atoms with van der Waals surface area (Å²) >= 11 is 0. The van der Waals surface area contributed by atoms with E-state index < -0.39 is 0 Å². The van der Waals surface area contributed by atoms with E-state index in [1.165, 1.54) is 64.2 Å². The van der Waals surface area contributed by atoms with Gasteiger partial charge < -0.3 is 10.6 Å². The smallest absolute Gasteiger partial charge is 0.219 e. The SMILES string of the molecule is CCCCCCCCCCCCCC(=O)NCCC.CCNCC. The number of unbranched alkanes of at least 4 members (excludes halogenated alkanes) is 10. The second kappa shape index (κ2) is 24.7. The number of carbonyl (C=O) groups excluding carboxylic acids is 1. The molecule has 0 aromatic heterocycles. The molecule has 0 bridgehead atoms. The van der Waals surface area contributed by atoms with Crippen molar-refractivity contribution in [3.63, 3.8) is 0 Å². The molecule has 0 radical (unpaired) electrons. The molecule has 24 heavy (non-hydrogen) atoms. The Hall–Kier alpha value is -0.570. The van der Waals surface area contributed by atoms with Gasteiger partial charge in [-0.2, -0.15) is 0 Å². The summed E-state index contributed by atoms with van der Waals surface area (Å²) < 4.78 is 0. The zero-order valence-electron chi connectivity index (χ0n) is 17.2. The van der Waals surface area contributed by atoms with E-state index in [1.54, 1.807) is 0 Å². The van der Waals surface area contributed by atoms with Crippen LogP contribution in [0.3, 0.4) is 0 Å². The van der Waals surface area contributed by atoms with Crippen LogP contribution in [0.1, 0.15) is 111 Å². The lowest BCUT2D eigenvalue weighted by molar-refractivity contribution is -0.121.